The number of ketones is 1. The predicted molar refractivity (Wildman–Crippen MR) is 76.3 cm³/mol. The summed E-state index contributed by atoms with van der Waals surface area (Å²) in [6.45, 7) is 0. The zero-order chi connectivity index (χ0) is 12.3. The minimum absolute atomic E-state index is 0.210. The molecule has 2 rings (SSSR count). The quantitative estimate of drug-likeness (QED) is 0.856. The van der Waals surface area contributed by atoms with E-state index in [1.807, 2.05) is 18.2 Å². The summed E-state index contributed by atoms with van der Waals surface area (Å²) in [7, 11) is 1.65. The molecule has 0 atom stereocenters. The first kappa shape index (κ1) is 12.4. The molecule has 1 aliphatic carbocycles. The summed E-state index contributed by atoms with van der Waals surface area (Å²) in [6.07, 6.45) is 4.26. The number of hydrogen-bond acceptors (Lipinski definition) is 3. The summed E-state index contributed by atoms with van der Waals surface area (Å²) in [5.41, 5.74) is 2.02. The minimum atomic E-state index is 0.210. The van der Waals surface area contributed by atoms with Gasteiger partial charge in [-0.1, -0.05) is 0 Å². The first-order valence-electron chi connectivity index (χ1n) is 5.53. The molecule has 4 heteroatoms. The normalized spacial score (nSPS) is 15.4. The van der Waals surface area contributed by atoms with E-state index in [1.165, 1.54) is 0 Å². The second-order valence-electron chi connectivity index (χ2n) is 3.96. The Labute approximate surface area is 114 Å². The Kier molecular flexibility index (Phi) is 4.04. The number of benzene rings is 1. The van der Waals surface area contributed by atoms with Crippen LogP contribution in [0.15, 0.2) is 30.0 Å². The fourth-order valence-electron chi connectivity index (χ4n) is 1.79. The molecule has 0 heterocycles. The molecular formula is C13H14INO2. The van der Waals surface area contributed by atoms with E-state index in [2.05, 4.69) is 27.9 Å². The zero-order valence-electron chi connectivity index (χ0n) is 9.63. The molecule has 0 amide bonds. The largest absolute Gasteiger partial charge is 0.497 e. The van der Waals surface area contributed by atoms with Gasteiger partial charge < -0.3 is 10.1 Å². The zero-order valence-corrected chi connectivity index (χ0v) is 11.8. The summed E-state index contributed by atoms with van der Waals surface area (Å²) < 4.78 is 6.24. The van der Waals surface area contributed by atoms with Crippen molar-refractivity contribution in [1.82, 2.24) is 0 Å². The van der Waals surface area contributed by atoms with Crippen molar-refractivity contribution in [2.24, 2.45) is 0 Å². The molecule has 17 heavy (non-hydrogen) atoms. The molecule has 0 spiro atoms. The highest BCUT2D eigenvalue weighted by molar-refractivity contribution is 14.1. The number of carbonyl (C=O) groups excluding carboxylic acids is 1. The third-order valence-corrected chi connectivity index (χ3v) is 3.57. The van der Waals surface area contributed by atoms with Gasteiger partial charge in [0.1, 0.15) is 5.75 Å². The van der Waals surface area contributed by atoms with Crippen LogP contribution >= 0.6 is 22.6 Å². The fraction of sp³-hybridized carbons (Fsp3) is 0.308. The molecule has 3 nitrogen and oxygen atoms in total. The Morgan fingerprint density at radius 3 is 2.82 bits per heavy atom. The molecule has 1 aliphatic rings. The van der Waals surface area contributed by atoms with E-state index in [-0.39, 0.29) is 5.78 Å². The van der Waals surface area contributed by atoms with Crippen molar-refractivity contribution in [1.29, 1.82) is 0 Å². The Morgan fingerprint density at radius 1 is 1.35 bits per heavy atom. The first-order valence-corrected chi connectivity index (χ1v) is 6.61. The molecule has 0 aliphatic heterocycles. The van der Waals surface area contributed by atoms with Crippen LogP contribution in [0.2, 0.25) is 0 Å². The highest BCUT2D eigenvalue weighted by Crippen LogP contribution is 2.26. The maximum absolute atomic E-state index is 11.3. The second kappa shape index (κ2) is 5.53. The van der Waals surface area contributed by atoms with Crippen LogP contribution in [-0.2, 0) is 4.79 Å². The lowest BCUT2D eigenvalue weighted by Crippen LogP contribution is -2.09. The summed E-state index contributed by atoms with van der Waals surface area (Å²) in [4.78, 5) is 11.3. The van der Waals surface area contributed by atoms with Crippen LogP contribution < -0.4 is 10.1 Å². The smallest absolute Gasteiger partial charge is 0.157 e. The van der Waals surface area contributed by atoms with Crippen LogP contribution in [0.1, 0.15) is 19.3 Å². The van der Waals surface area contributed by atoms with Gasteiger partial charge in [0, 0.05) is 21.8 Å². The van der Waals surface area contributed by atoms with Crippen molar-refractivity contribution >= 4 is 34.1 Å². The molecule has 0 unspecified atom stereocenters. The highest BCUT2D eigenvalue weighted by atomic mass is 127. The van der Waals surface area contributed by atoms with Crippen molar-refractivity contribution in [3.8, 4) is 5.75 Å². The molecule has 1 N–H and O–H groups in total. The van der Waals surface area contributed by atoms with Gasteiger partial charge in [-0.2, -0.15) is 0 Å². The van der Waals surface area contributed by atoms with E-state index >= 15 is 0 Å². The monoisotopic (exact) mass is 343 g/mol. The lowest BCUT2D eigenvalue weighted by Gasteiger charge is -2.16. The van der Waals surface area contributed by atoms with Gasteiger partial charge in [0.15, 0.2) is 5.78 Å². The highest BCUT2D eigenvalue weighted by Gasteiger charge is 2.11. The SMILES string of the molecule is COc1ccc(NC2=CC(=O)CCC2)c(I)c1. The summed E-state index contributed by atoms with van der Waals surface area (Å²) in [6, 6.07) is 5.85. The van der Waals surface area contributed by atoms with Gasteiger partial charge in [0.05, 0.1) is 12.8 Å². The van der Waals surface area contributed by atoms with E-state index in [0.29, 0.717) is 6.42 Å². The second-order valence-corrected chi connectivity index (χ2v) is 5.12. The average Bonchev–Trinajstić information content (AvgIpc) is 2.32. The number of nitrogens with one attached hydrogen (secondary N) is 1. The molecule has 0 saturated carbocycles. The van der Waals surface area contributed by atoms with E-state index in [1.54, 1.807) is 13.2 Å². The van der Waals surface area contributed by atoms with E-state index in [4.69, 9.17) is 4.74 Å². The minimum Gasteiger partial charge on any atom is -0.497 e. The molecule has 0 radical (unpaired) electrons. The number of rotatable bonds is 3. The van der Waals surface area contributed by atoms with Crippen molar-refractivity contribution in [2.45, 2.75) is 19.3 Å². The van der Waals surface area contributed by atoms with Crippen molar-refractivity contribution in [3.05, 3.63) is 33.5 Å². The maximum atomic E-state index is 11.3. The topological polar surface area (TPSA) is 38.3 Å². The van der Waals surface area contributed by atoms with E-state index < -0.39 is 0 Å². The first-order chi connectivity index (χ1) is 8.19. The predicted octanol–water partition coefficient (Wildman–Crippen LogP) is 3.35. The average molecular weight is 343 g/mol. The molecular weight excluding hydrogens is 329 g/mol. The standard InChI is InChI=1S/C13H14INO2/c1-17-11-5-6-13(12(14)8-11)15-9-3-2-4-10(16)7-9/h5-8,15H,2-4H2,1H3. The van der Waals surface area contributed by atoms with E-state index in [0.717, 1.165) is 33.5 Å². The van der Waals surface area contributed by atoms with Crippen LogP contribution in [0.4, 0.5) is 5.69 Å². The van der Waals surface area contributed by atoms with Gasteiger partial charge in [-0.05, 0) is 53.6 Å². The van der Waals surface area contributed by atoms with Gasteiger partial charge in [-0.3, -0.25) is 4.79 Å². The number of methoxy groups -OCH3 is 1. The molecule has 0 aromatic heterocycles. The number of halogens is 1. The summed E-state index contributed by atoms with van der Waals surface area (Å²) >= 11 is 2.26. The molecule has 0 saturated heterocycles. The van der Waals surface area contributed by atoms with Crippen LogP contribution in [-0.4, -0.2) is 12.9 Å². The molecule has 1 aromatic carbocycles. The van der Waals surface area contributed by atoms with Crippen LogP contribution in [0.25, 0.3) is 0 Å². The maximum Gasteiger partial charge on any atom is 0.157 e. The number of hydrogen-bond donors (Lipinski definition) is 1. The third kappa shape index (κ3) is 3.21. The fourth-order valence-corrected chi connectivity index (χ4v) is 2.41. The Balaban J connectivity index is 2.16. The lowest BCUT2D eigenvalue weighted by molar-refractivity contribution is -0.115. The van der Waals surface area contributed by atoms with Gasteiger partial charge in [0.2, 0.25) is 0 Å². The van der Waals surface area contributed by atoms with Crippen molar-refractivity contribution in [3.63, 3.8) is 0 Å². The Hall–Kier alpha value is -1.04. The van der Waals surface area contributed by atoms with Crippen LogP contribution in [0.3, 0.4) is 0 Å². The van der Waals surface area contributed by atoms with Gasteiger partial charge in [0.25, 0.3) is 0 Å². The molecule has 1 aromatic rings. The van der Waals surface area contributed by atoms with Gasteiger partial charge >= 0.3 is 0 Å². The van der Waals surface area contributed by atoms with Gasteiger partial charge in [-0.15, -0.1) is 0 Å². The van der Waals surface area contributed by atoms with Crippen molar-refractivity contribution in [2.75, 3.05) is 12.4 Å². The van der Waals surface area contributed by atoms with E-state index in [9.17, 15) is 4.79 Å². The lowest BCUT2D eigenvalue weighted by atomic mass is 10.0. The van der Waals surface area contributed by atoms with Crippen LogP contribution in [0, 0.1) is 3.57 Å². The Bertz CT molecular complexity index is 468. The molecule has 0 bridgehead atoms. The van der Waals surface area contributed by atoms with Gasteiger partial charge in [-0.25, -0.2) is 0 Å². The van der Waals surface area contributed by atoms with Crippen molar-refractivity contribution < 1.29 is 9.53 Å². The summed E-state index contributed by atoms with van der Waals surface area (Å²) in [5.74, 6) is 1.05. The summed E-state index contributed by atoms with van der Waals surface area (Å²) in [5, 5.41) is 3.31. The number of ether oxygens (including phenoxy) is 1. The number of allylic oxidation sites excluding steroid dienone is 2. The number of anilines is 1. The van der Waals surface area contributed by atoms with Crippen LogP contribution in [0.5, 0.6) is 5.75 Å². The number of carbonyl (C=O) groups is 1. The molecule has 90 valence electrons. The Morgan fingerprint density at radius 2 is 2.18 bits per heavy atom. The third-order valence-electron chi connectivity index (χ3n) is 2.68. The molecule has 0 fully saturated rings.